The Balaban J connectivity index is 2.07. The van der Waals surface area contributed by atoms with Crippen molar-refractivity contribution in [2.24, 2.45) is 0 Å². The van der Waals surface area contributed by atoms with Crippen molar-refractivity contribution in [2.45, 2.75) is 96.3 Å². The van der Waals surface area contributed by atoms with E-state index in [4.69, 9.17) is 0 Å². The van der Waals surface area contributed by atoms with E-state index in [2.05, 4.69) is 12.2 Å². The SMILES string of the molecule is C1=CCCCCCCCCCCCCCCC1. The first-order valence-corrected chi connectivity index (χ1v) is 8.15. The van der Waals surface area contributed by atoms with E-state index in [9.17, 15) is 0 Å². The van der Waals surface area contributed by atoms with Crippen LogP contribution in [0.2, 0.25) is 0 Å². The van der Waals surface area contributed by atoms with Gasteiger partial charge in [-0.2, -0.15) is 0 Å². The molecule has 0 aromatic rings. The highest BCUT2D eigenvalue weighted by Gasteiger charge is 1.94. The molecule has 1 aliphatic carbocycles. The Morgan fingerprint density at radius 3 is 0.824 bits per heavy atom. The van der Waals surface area contributed by atoms with Gasteiger partial charge in [0.1, 0.15) is 0 Å². The van der Waals surface area contributed by atoms with Crippen LogP contribution in [0, 0.1) is 0 Å². The minimum atomic E-state index is 1.32. The molecule has 0 saturated carbocycles. The normalized spacial score (nSPS) is 23.1. The summed E-state index contributed by atoms with van der Waals surface area (Å²) in [5, 5.41) is 0. The molecule has 0 amide bonds. The molecule has 1 aliphatic rings. The second kappa shape index (κ2) is 12.2. The zero-order valence-electron chi connectivity index (χ0n) is 11.8. The average molecular weight is 236 g/mol. The Morgan fingerprint density at radius 2 is 0.529 bits per heavy atom. The fourth-order valence-electron chi connectivity index (χ4n) is 2.70. The van der Waals surface area contributed by atoms with Crippen molar-refractivity contribution in [1.29, 1.82) is 0 Å². The molecule has 0 spiro atoms. The number of hydrogen-bond donors (Lipinski definition) is 0. The molecule has 0 heterocycles. The molecular weight excluding hydrogens is 204 g/mol. The van der Waals surface area contributed by atoms with Crippen molar-refractivity contribution in [3.8, 4) is 0 Å². The van der Waals surface area contributed by atoms with Crippen LogP contribution in [0.1, 0.15) is 96.3 Å². The van der Waals surface area contributed by atoms with Crippen LogP contribution in [-0.2, 0) is 0 Å². The number of rotatable bonds is 0. The smallest absolute Gasteiger partial charge is 0.0351 e. The molecule has 0 bridgehead atoms. The van der Waals surface area contributed by atoms with Gasteiger partial charge in [-0.15, -0.1) is 0 Å². The van der Waals surface area contributed by atoms with E-state index < -0.39 is 0 Å². The summed E-state index contributed by atoms with van der Waals surface area (Å²) in [6, 6.07) is 0. The maximum absolute atomic E-state index is 2.41. The Morgan fingerprint density at radius 1 is 0.294 bits per heavy atom. The highest BCUT2D eigenvalue weighted by molar-refractivity contribution is 4.81. The van der Waals surface area contributed by atoms with Crippen LogP contribution in [0.5, 0.6) is 0 Å². The summed E-state index contributed by atoms with van der Waals surface area (Å²) in [7, 11) is 0. The highest BCUT2D eigenvalue weighted by Crippen LogP contribution is 2.14. The molecule has 0 aliphatic heterocycles. The van der Waals surface area contributed by atoms with Gasteiger partial charge in [0.25, 0.3) is 0 Å². The molecule has 1 rings (SSSR count). The highest BCUT2D eigenvalue weighted by atomic mass is 14.0. The summed E-state index contributed by atoms with van der Waals surface area (Å²) >= 11 is 0. The predicted molar refractivity (Wildman–Crippen MR) is 78.4 cm³/mol. The van der Waals surface area contributed by atoms with Gasteiger partial charge in [0.15, 0.2) is 0 Å². The largest absolute Gasteiger partial charge is 0.0885 e. The fraction of sp³-hybridized carbons (Fsp3) is 0.882. The lowest BCUT2D eigenvalue weighted by Crippen LogP contribution is -1.82. The first-order valence-electron chi connectivity index (χ1n) is 8.15. The molecule has 17 heavy (non-hydrogen) atoms. The van der Waals surface area contributed by atoms with E-state index in [1.54, 1.807) is 0 Å². The van der Waals surface area contributed by atoms with Gasteiger partial charge in [0.05, 0.1) is 0 Å². The zero-order valence-corrected chi connectivity index (χ0v) is 11.8. The second-order valence-corrected chi connectivity index (χ2v) is 5.64. The molecule has 0 fully saturated rings. The Labute approximate surface area is 109 Å². The van der Waals surface area contributed by atoms with Gasteiger partial charge in [-0.3, -0.25) is 0 Å². The molecule has 0 atom stereocenters. The van der Waals surface area contributed by atoms with E-state index in [-0.39, 0.29) is 0 Å². The summed E-state index contributed by atoms with van der Waals surface area (Å²) < 4.78 is 0. The van der Waals surface area contributed by atoms with Crippen LogP contribution in [0.3, 0.4) is 0 Å². The summed E-state index contributed by atoms with van der Waals surface area (Å²) in [6.45, 7) is 0. The van der Waals surface area contributed by atoms with Gasteiger partial charge in [0, 0.05) is 0 Å². The Bertz CT molecular complexity index is 151. The van der Waals surface area contributed by atoms with Gasteiger partial charge in [-0.25, -0.2) is 0 Å². The van der Waals surface area contributed by atoms with Gasteiger partial charge in [0.2, 0.25) is 0 Å². The van der Waals surface area contributed by atoms with E-state index >= 15 is 0 Å². The van der Waals surface area contributed by atoms with Gasteiger partial charge >= 0.3 is 0 Å². The van der Waals surface area contributed by atoms with Gasteiger partial charge in [-0.05, 0) is 25.7 Å². The van der Waals surface area contributed by atoms with Crippen molar-refractivity contribution >= 4 is 0 Å². The van der Waals surface area contributed by atoms with E-state index in [0.29, 0.717) is 0 Å². The first-order chi connectivity index (χ1) is 8.50. The topological polar surface area (TPSA) is 0 Å². The average Bonchev–Trinajstić information content (AvgIpc) is 2.35. The monoisotopic (exact) mass is 236 g/mol. The third-order valence-electron chi connectivity index (χ3n) is 3.91. The van der Waals surface area contributed by atoms with Crippen LogP contribution < -0.4 is 0 Å². The molecule has 0 aromatic carbocycles. The van der Waals surface area contributed by atoms with Crippen molar-refractivity contribution in [2.75, 3.05) is 0 Å². The molecule has 0 aromatic heterocycles. The third-order valence-corrected chi connectivity index (χ3v) is 3.91. The lowest BCUT2D eigenvalue weighted by atomic mass is 10.0. The van der Waals surface area contributed by atoms with Crippen LogP contribution in [-0.4, -0.2) is 0 Å². The summed E-state index contributed by atoms with van der Waals surface area (Å²) in [5.74, 6) is 0. The molecule has 0 nitrogen and oxygen atoms in total. The molecule has 0 heteroatoms. The van der Waals surface area contributed by atoms with Crippen molar-refractivity contribution in [1.82, 2.24) is 0 Å². The van der Waals surface area contributed by atoms with Crippen LogP contribution in [0.15, 0.2) is 12.2 Å². The first kappa shape index (κ1) is 14.8. The van der Waals surface area contributed by atoms with Gasteiger partial charge in [-0.1, -0.05) is 82.8 Å². The molecule has 100 valence electrons. The maximum atomic E-state index is 2.41. The van der Waals surface area contributed by atoms with Crippen LogP contribution in [0.4, 0.5) is 0 Å². The number of hydrogen-bond acceptors (Lipinski definition) is 0. The Hall–Kier alpha value is -0.260. The number of allylic oxidation sites excluding steroid dienone is 2. The van der Waals surface area contributed by atoms with E-state index in [1.807, 2.05) is 0 Å². The van der Waals surface area contributed by atoms with Crippen LogP contribution >= 0.6 is 0 Å². The maximum Gasteiger partial charge on any atom is -0.0351 e. The quantitative estimate of drug-likeness (QED) is 0.426. The molecule has 0 saturated heterocycles. The van der Waals surface area contributed by atoms with Crippen molar-refractivity contribution in [3.63, 3.8) is 0 Å². The van der Waals surface area contributed by atoms with Crippen molar-refractivity contribution < 1.29 is 0 Å². The fourth-order valence-corrected chi connectivity index (χ4v) is 2.70. The molecular formula is C17H32. The minimum Gasteiger partial charge on any atom is -0.0885 e. The lowest BCUT2D eigenvalue weighted by Gasteiger charge is -2.02. The summed E-state index contributed by atoms with van der Waals surface area (Å²) in [4.78, 5) is 0. The van der Waals surface area contributed by atoms with E-state index in [1.165, 1.54) is 96.3 Å². The summed E-state index contributed by atoms with van der Waals surface area (Å²) in [5.41, 5.74) is 0. The predicted octanol–water partition coefficient (Wildman–Crippen LogP) is 6.41. The third kappa shape index (κ3) is 10.6. The second-order valence-electron chi connectivity index (χ2n) is 5.64. The van der Waals surface area contributed by atoms with Crippen LogP contribution in [0.25, 0.3) is 0 Å². The standard InChI is InChI=1S/C17H32/c1-2-4-6-8-10-12-14-16-17-15-13-11-9-7-5-3-1/h1-2H,3-17H2. The Kier molecular flexibility index (Phi) is 10.6. The van der Waals surface area contributed by atoms with E-state index in [0.717, 1.165) is 0 Å². The van der Waals surface area contributed by atoms with Gasteiger partial charge < -0.3 is 0 Å². The minimum absolute atomic E-state index is 1.32. The zero-order chi connectivity index (χ0) is 12.0. The molecule has 0 unspecified atom stereocenters. The summed E-state index contributed by atoms with van der Waals surface area (Å²) in [6.07, 6.45) is 26.5. The molecule has 0 N–H and O–H groups in total. The van der Waals surface area contributed by atoms with Crippen molar-refractivity contribution in [3.05, 3.63) is 12.2 Å². The lowest BCUT2D eigenvalue weighted by molar-refractivity contribution is 0.539. The molecule has 0 radical (unpaired) electrons.